The number of nitrogens with one attached hydrogen (secondary N) is 2. The highest BCUT2D eigenvalue weighted by Gasteiger charge is 2.30. The number of hydrogen-bond donors (Lipinski definition) is 3. The topological polar surface area (TPSA) is 87.4 Å². The summed E-state index contributed by atoms with van der Waals surface area (Å²) in [7, 11) is 0. The molecule has 2 heterocycles. The number of nitrogens with zero attached hydrogens (tertiary/aromatic N) is 1. The summed E-state index contributed by atoms with van der Waals surface area (Å²) in [6.45, 7) is 2.38. The van der Waals surface area contributed by atoms with Crippen LogP contribution in [0.5, 0.6) is 0 Å². The number of carboxylic acids is 1. The maximum atomic E-state index is 11.7. The Bertz CT molecular complexity index is 939. The summed E-state index contributed by atoms with van der Waals surface area (Å²) in [6, 6.07) is 16.2. The van der Waals surface area contributed by atoms with Crippen LogP contribution in [0.25, 0.3) is 11.3 Å². The van der Waals surface area contributed by atoms with Crippen molar-refractivity contribution in [2.45, 2.75) is 19.4 Å². The molecule has 1 saturated heterocycles. The van der Waals surface area contributed by atoms with Crippen LogP contribution in [-0.2, 0) is 17.8 Å². The molecule has 1 aromatic heterocycles. The van der Waals surface area contributed by atoms with Crippen LogP contribution in [0.3, 0.4) is 0 Å². The zero-order valence-corrected chi connectivity index (χ0v) is 17.4. The van der Waals surface area contributed by atoms with Gasteiger partial charge in [-0.2, -0.15) is 0 Å². The largest absolute Gasteiger partial charge is 0.481 e. The third-order valence-corrected chi connectivity index (χ3v) is 5.53. The van der Waals surface area contributed by atoms with E-state index in [1.807, 2.05) is 36.4 Å². The molecule has 4 rings (SSSR count). The molecule has 1 aliphatic rings. The minimum absolute atomic E-state index is 0. The van der Waals surface area contributed by atoms with Gasteiger partial charge in [0.05, 0.1) is 12.1 Å². The SMILES string of the molecule is Cl.O=C(O)[C@@H](Cc1cccc(CNc2ccc(-c3cnco3)cc2)c1)[C@H]1CCNC1. The van der Waals surface area contributed by atoms with E-state index in [-0.39, 0.29) is 24.2 Å². The second-order valence-electron chi connectivity index (χ2n) is 7.52. The lowest BCUT2D eigenvalue weighted by atomic mass is 9.86. The summed E-state index contributed by atoms with van der Waals surface area (Å²) in [6.07, 6.45) is 4.62. The van der Waals surface area contributed by atoms with E-state index in [0.29, 0.717) is 13.0 Å². The first-order valence-corrected chi connectivity index (χ1v) is 9.93. The van der Waals surface area contributed by atoms with Crippen molar-refractivity contribution in [3.63, 3.8) is 0 Å². The van der Waals surface area contributed by atoms with E-state index in [0.717, 1.165) is 47.6 Å². The van der Waals surface area contributed by atoms with Gasteiger partial charge in [-0.05, 0) is 67.2 Å². The van der Waals surface area contributed by atoms with Crippen LogP contribution in [0.15, 0.2) is 65.5 Å². The molecule has 2 aromatic carbocycles. The van der Waals surface area contributed by atoms with E-state index in [1.54, 1.807) is 6.20 Å². The molecule has 0 saturated carbocycles. The van der Waals surface area contributed by atoms with Crippen LogP contribution in [0.2, 0.25) is 0 Å². The van der Waals surface area contributed by atoms with Crippen molar-refractivity contribution in [1.82, 2.24) is 10.3 Å². The van der Waals surface area contributed by atoms with E-state index < -0.39 is 5.97 Å². The van der Waals surface area contributed by atoms with Gasteiger partial charge >= 0.3 is 5.97 Å². The molecule has 0 spiro atoms. The van der Waals surface area contributed by atoms with Gasteiger partial charge in [-0.15, -0.1) is 12.4 Å². The van der Waals surface area contributed by atoms with Crippen molar-refractivity contribution in [1.29, 1.82) is 0 Å². The lowest BCUT2D eigenvalue weighted by Crippen LogP contribution is -2.27. The molecule has 0 unspecified atom stereocenters. The van der Waals surface area contributed by atoms with Crippen LogP contribution in [0.4, 0.5) is 5.69 Å². The van der Waals surface area contributed by atoms with Gasteiger partial charge in [0.15, 0.2) is 12.2 Å². The van der Waals surface area contributed by atoms with E-state index >= 15 is 0 Å². The van der Waals surface area contributed by atoms with Crippen LogP contribution in [0.1, 0.15) is 17.5 Å². The van der Waals surface area contributed by atoms with Crippen molar-refractivity contribution in [3.8, 4) is 11.3 Å². The molecule has 0 bridgehead atoms. The number of carbonyl (C=O) groups is 1. The lowest BCUT2D eigenvalue weighted by Gasteiger charge is -2.19. The maximum Gasteiger partial charge on any atom is 0.307 e. The Morgan fingerprint density at radius 3 is 2.70 bits per heavy atom. The van der Waals surface area contributed by atoms with Gasteiger partial charge in [-0.1, -0.05) is 24.3 Å². The lowest BCUT2D eigenvalue weighted by molar-refractivity contribution is -0.143. The van der Waals surface area contributed by atoms with Gasteiger partial charge < -0.3 is 20.2 Å². The smallest absolute Gasteiger partial charge is 0.307 e. The highest BCUT2D eigenvalue weighted by molar-refractivity contribution is 5.85. The molecule has 3 N–H and O–H groups in total. The van der Waals surface area contributed by atoms with Gasteiger partial charge in [-0.3, -0.25) is 4.79 Å². The number of anilines is 1. The molecule has 1 fully saturated rings. The molecule has 2 atom stereocenters. The molecule has 0 radical (unpaired) electrons. The quantitative estimate of drug-likeness (QED) is 0.498. The van der Waals surface area contributed by atoms with Crippen molar-refractivity contribution in [2.24, 2.45) is 11.8 Å². The normalized spacial score (nSPS) is 16.6. The van der Waals surface area contributed by atoms with Gasteiger partial charge in [0.2, 0.25) is 0 Å². The summed E-state index contributed by atoms with van der Waals surface area (Å²) >= 11 is 0. The van der Waals surface area contributed by atoms with Gasteiger partial charge in [0, 0.05) is 17.8 Å². The molecule has 30 heavy (non-hydrogen) atoms. The van der Waals surface area contributed by atoms with Crippen LogP contribution < -0.4 is 10.6 Å². The predicted octanol–water partition coefficient (Wildman–Crippen LogP) is 4.23. The fraction of sp³-hybridized carbons (Fsp3) is 0.304. The molecule has 158 valence electrons. The molecule has 1 aliphatic heterocycles. The highest BCUT2D eigenvalue weighted by Crippen LogP contribution is 2.25. The average molecular weight is 428 g/mol. The first-order valence-electron chi connectivity index (χ1n) is 9.93. The van der Waals surface area contributed by atoms with Crippen LogP contribution in [0, 0.1) is 11.8 Å². The van der Waals surface area contributed by atoms with Crippen LogP contribution >= 0.6 is 12.4 Å². The number of hydrogen-bond acceptors (Lipinski definition) is 5. The first-order chi connectivity index (χ1) is 14.2. The number of aliphatic carboxylic acids is 1. The number of rotatable bonds is 8. The molecule has 3 aromatic rings. The molecule has 6 nitrogen and oxygen atoms in total. The Morgan fingerprint density at radius 2 is 2.03 bits per heavy atom. The number of aromatic nitrogens is 1. The van der Waals surface area contributed by atoms with Crippen molar-refractivity contribution < 1.29 is 14.3 Å². The molecule has 7 heteroatoms. The Balaban J connectivity index is 0.00000256. The van der Waals surface area contributed by atoms with E-state index in [2.05, 4.69) is 27.8 Å². The van der Waals surface area contributed by atoms with Gasteiger partial charge in [0.1, 0.15) is 0 Å². The van der Waals surface area contributed by atoms with E-state index in [9.17, 15) is 9.90 Å². The average Bonchev–Trinajstić information content (AvgIpc) is 3.45. The molecule has 0 aliphatic carbocycles. The van der Waals surface area contributed by atoms with E-state index in [1.165, 1.54) is 6.39 Å². The van der Waals surface area contributed by atoms with Gasteiger partial charge in [0.25, 0.3) is 0 Å². The highest BCUT2D eigenvalue weighted by atomic mass is 35.5. The Labute approximate surface area is 182 Å². The molecule has 0 amide bonds. The Kier molecular flexibility index (Phi) is 7.49. The van der Waals surface area contributed by atoms with Crippen molar-refractivity contribution in [2.75, 3.05) is 18.4 Å². The number of benzene rings is 2. The fourth-order valence-electron chi connectivity index (χ4n) is 3.91. The summed E-state index contributed by atoms with van der Waals surface area (Å²) in [4.78, 5) is 15.7. The third-order valence-electron chi connectivity index (χ3n) is 5.53. The fourth-order valence-corrected chi connectivity index (χ4v) is 3.91. The molecular weight excluding hydrogens is 402 g/mol. The van der Waals surface area contributed by atoms with Gasteiger partial charge in [-0.25, -0.2) is 4.98 Å². The minimum Gasteiger partial charge on any atom is -0.481 e. The standard InChI is InChI=1S/C23H25N3O3.ClH/c27-23(28)21(19-8-9-24-13-19)11-16-2-1-3-17(10-16)12-26-20-6-4-18(5-7-20)22-14-25-15-29-22;/h1-7,10,14-15,19,21,24,26H,8-9,11-13H2,(H,27,28);1H/t19-,21-;/m0./s1. The monoisotopic (exact) mass is 427 g/mol. The zero-order chi connectivity index (χ0) is 20.1. The number of oxazole rings is 1. The predicted molar refractivity (Wildman–Crippen MR) is 119 cm³/mol. The zero-order valence-electron chi connectivity index (χ0n) is 16.6. The summed E-state index contributed by atoms with van der Waals surface area (Å²) in [5.41, 5.74) is 4.20. The molecular formula is C23H26ClN3O3. The Morgan fingerprint density at radius 1 is 1.23 bits per heavy atom. The Hall–Kier alpha value is -2.83. The second-order valence-corrected chi connectivity index (χ2v) is 7.52. The first kappa shape index (κ1) is 21.9. The minimum atomic E-state index is -0.700. The third kappa shape index (κ3) is 5.40. The number of halogens is 1. The summed E-state index contributed by atoms with van der Waals surface area (Å²) in [5.74, 6) is -0.0854. The summed E-state index contributed by atoms with van der Waals surface area (Å²) < 4.78 is 5.31. The van der Waals surface area contributed by atoms with Crippen molar-refractivity contribution in [3.05, 3.63) is 72.2 Å². The van der Waals surface area contributed by atoms with Crippen LogP contribution in [-0.4, -0.2) is 29.1 Å². The maximum absolute atomic E-state index is 11.7. The van der Waals surface area contributed by atoms with E-state index in [4.69, 9.17) is 4.42 Å². The van der Waals surface area contributed by atoms with Crippen molar-refractivity contribution >= 4 is 24.1 Å². The summed E-state index contributed by atoms with van der Waals surface area (Å²) in [5, 5.41) is 16.3. The number of carboxylic acid groups (broad SMARTS) is 1. The second kappa shape index (κ2) is 10.3.